The molecule has 0 radical (unpaired) electrons. The monoisotopic (exact) mass is 433 g/mol. The van der Waals surface area contributed by atoms with E-state index in [9.17, 15) is 14.4 Å². The first kappa shape index (κ1) is 20.6. The van der Waals surface area contributed by atoms with E-state index in [0.29, 0.717) is 41.9 Å². The normalized spacial score (nSPS) is 20.8. The van der Waals surface area contributed by atoms with Crippen molar-refractivity contribution in [3.05, 3.63) is 67.7 Å². The van der Waals surface area contributed by atoms with Crippen molar-refractivity contribution < 1.29 is 4.79 Å². The summed E-state index contributed by atoms with van der Waals surface area (Å²) in [4.78, 5) is 48.5. The number of aromatic amines is 1. The second-order valence-corrected chi connectivity index (χ2v) is 8.89. The molecule has 8 heteroatoms. The molecule has 166 valence electrons. The molecule has 0 spiro atoms. The van der Waals surface area contributed by atoms with E-state index >= 15 is 0 Å². The van der Waals surface area contributed by atoms with Gasteiger partial charge in [-0.3, -0.25) is 14.4 Å². The molecule has 0 saturated carbocycles. The van der Waals surface area contributed by atoms with Gasteiger partial charge in [0.15, 0.2) is 0 Å². The average molecular weight is 434 g/mol. The lowest BCUT2D eigenvalue weighted by Crippen LogP contribution is -2.44. The fourth-order valence-corrected chi connectivity index (χ4v) is 5.36. The highest BCUT2D eigenvalue weighted by Gasteiger charge is 2.42. The van der Waals surface area contributed by atoms with Crippen LogP contribution in [-0.4, -0.2) is 42.6 Å². The van der Waals surface area contributed by atoms with Gasteiger partial charge in [0.2, 0.25) is 5.91 Å². The Kier molecular flexibility index (Phi) is 4.95. The van der Waals surface area contributed by atoms with Crippen molar-refractivity contribution in [2.45, 2.75) is 71.0 Å². The maximum atomic E-state index is 13.8. The van der Waals surface area contributed by atoms with E-state index < -0.39 is 5.92 Å². The van der Waals surface area contributed by atoms with Crippen molar-refractivity contribution in [1.29, 1.82) is 0 Å². The Labute approximate surface area is 185 Å². The number of hydrogen-bond donors (Lipinski definition) is 1. The minimum absolute atomic E-state index is 0.00240. The highest BCUT2D eigenvalue weighted by Crippen LogP contribution is 2.35. The van der Waals surface area contributed by atoms with Crippen molar-refractivity contribution in [3.63, 3.8) is 0 Å². The van der Waals surface area contributed by atoms with Gasteiger partial charge in [-0.15, -0.1) is 0 Å². The van der Waals surface area contributed by atoms with Gasteiger partial charge in [-0.25, -0.2) is 9.67 Å². The highest BCUT2D eigenvalue weighted by atomic mass is 16.2. The van der Waals surface area contributed by atoms with Crippen LogP contribution < -0.4 is 11.1 Å². The number of carbonyl (C=O) groups is 1. The molecule has 1 aromatic carbocycles. The van der Waals surface area contributed by atoms with Crippen LogP contribution >= 0.6 is 0 Å². The van der Waals surface area contributed by atoms with Gasteiger partial charge in [0.25, 0.3) is 11.1 Å². The van der Waals surface area contributed by atoms with Gasteiger partial charge in [-0.05, 0) is 39.7 Å². The SMILES string of the molecule is CCn1nc([C@@H](C)C(=O)N2[C@H]3CC[C@H]2Cc2c(nc(C)[nH]c2=O)C3)c2ccccc2c1=O. The Morgan fingerprint density at radius 1 is 1.16 bits per heavy atom. The standard InChI is InChI=1S/C24H27N5O3/c1-4-28-24(32)18-8-6-5-7-17(18)21(27-28)13(2)23(31)29-15-9-10-16(29)12-20-19(11-15)22(30)26-14(3)25-20/h5-8,13,15-16H,4,9-12H2,1-3H3,(H,25,26,30)/t13-,15+,16+/m1/s1. The molecule has 1 N–H and O–H groups in total. The molecule has 5 rings (SSSR count). The van der Waals surface area contributed by atoms with Crippen molar-refractivity contribution in [2.75, 3.05) is 0 Å². The molecule has 3 aromatic rings. The molecule has 1 saturated heterocycles. The predicted molar refractivity (Wildman–Crippen MR) is 121 cm³/mol. The largest absolute Gasteiger partial charge is 0.335 e. The molecular weight excluding hydrogens is 406 g/mol. The molecule has 2 aliphatic rings. The van der Waals surface area contributed by atoms with Gasteiger partial charge in [0.1, 0.15) is 5.82 Å². The lowest BCUT2D eigenvalue weighted by molar-refractivity contribution is -0.135. The van der Waals surface area contributed by atoms with E-state index in [1.54, 1.807) is 13.0 Å². The molecule has 0 aliphatic carbocycles. The summed E-state index contributed by atoms with van der Waals surface area (Å²) in [5.41, 5.74) is 1.91. The molecule has 2 bridgehead atoms. The zero-order valence-corrected chi connectivity index (χ0v) is 18.6. The van der Waals surface area contributed by atoms with E-state index in [1.807, 2.05) is 36.9 Å². The third kappa shape index (κ3) is 3.16. The van der Waals surface area contributed by atoms with E-state index in [2.05, 4.69) is 15.1 Å². The molecule has 4 heterocycles. The third-order valence-electron chi connectivity index (χ3n) is 6.94. The van der Waals surface area contributed by atoms with Crippen LogP contribution in [0, 0.1) is 6.92 Å². The van der Waals surface area contributed by atoms with Crippen molar-refractivity contribution in [1.82, 2.24) is 24.6 Å². The quantitative estimate of drug-likeness (QED) is 0.681. The summed E-state index contributed by atoms with van der Waals surface area (Å²) in [5, 5.41) is 5.89. The van der Waals surface area contributed by atoms with E-state index in [-0.39, 0.29) is 29.1 Å². The van der Waals surface area contributed by atoms with Crippen LogP contribution in [0.1, 0.15) is 55.4 Å². The fourth-order valence-electron chi connectivity index (χ4n) is 5.36. The van der Waals surface area contributed by atoms with Gasteiger partial charge >= 0.3 is 0 Å². The maximum Gasteiger partial charge on any atom is 0.274 e. The highest BCUT2D eigenvalue weighted by molar-refractivity contribution is 5.91. The summed E-state index contributed by atoms with van der Waals surface area (Å²) < 4.78 is 1.43. The van der Waals surface area contributed by atoms with Crippen LogP contribution in [0.25, 0.3) is 10.8 Å². The van der Waals surface area contributed by atoms with E-state index in [1.165, 1.54) is 4.68 Å². The van der Waals surface area contributed by atoms with Gasteiger partial charge in [-0.1, -0.05) is 18.2 Å². The lowest BCUT2D eigenvalue weighted by Gasteiger charge is -2.31. The summed E-state index contributed by atoms with van der Waals surface area (Å²) in [6.07, 6.45) is 2.89. The first-order valence-corrected chi connectivity index (χ1v) is 11.3. The topological polar surface area (TPSA) is 101 Å². The number of amides is 1. The zero-order chi connectivity index (χ0) is 22.6. The molecule has 2 aromatic heterocycles. The van der Waals surface area contributed by atoms with Crippen LogP contribution in [0.15, 0.2) is 33.9 Å². The van der Waals surface area contributed by atoms with Crippen molar-refractivity contribution >= 4 is 16.7 Å². The number of benzene rings is 1. The molecule has 32 heavy (non-hydrogen) atoms. The number of rotatable bonds is 3. The number of fused-ring (bicyclic) bond motifs is 4. The van der Waals surface area contributed by atoms with Crippen LogP contribution in [0.4, 0.5) is 0 Å². The second-order valence-electron chi connectivity index (χ2n) is 8.89. The van der Waals surface area contributed by atoms with Crippen LogP contribution in [-0.2, 0) is 24.2 Å². The maximum absolute atomic E-state index is 13.8. The summed E-state index contributed by atoms with van der Waals surface area (Å²) in [7, 11) is 0. The zero-order valence-electron chi connectivity index (χ0n) is 18.6. The Morgan fingerprint density at radius 3 is 2.56 bits per heavy atom. The van der Waals surface area contributed by atoms with E-state index in [4.69, 9.17) is 0 Å². The Morgan fingerprint density at radius 2 is 1.84 bits per heavy atom. The van der Waals surface area contributed by atoms with Crippen LogP contribution in [0.2, 0.25) is 0 Å². The number of nitrogens with zero attached hydrogens (tertiary/aromatic N) is 4. The van der Waals surface area contributed by atoms with Gasteiger partial charge in [0, 0.05) is 42.4 Å². The number of hydrogen-bond acceptors (Lipinski definition) is 5. The predicted octanol–water partition coefficient (Wildman–Crippen LogP) is 2.07. The summed E-state index contributed by atoms with van der Waals surface area (Å²) in [6.45, 7) is 5.97. The van der Waals surface area contributed by atoms with Crippen molar-refractivity contribution in [2.24, 2.45) is 0 Å². The molecule has 8 nitrogen and oxygen atoms in total. The number of aromatic nitrogens is 4. The number of nitrogens with one attached hydrogen (secondary N) is 1. The molecule has 2 aliphatic heterocycles. The minimum Gasteiger partial charge on any atom is -0.335 e. The fraction of sp³-hybridized carbons (Fsp3) is 0.458. The minimum atomic E-state index is -0.504. The number of aryl methyl sites for hydroxylation is 2. The molecule has 1 amide bonds. The van der Waals surface area contributed by atoms with E-state index in [0.717, 1.165) is 23.9 Å². The first-order valence-electron chi connectivity index (χ1n) is 11.3. The lowest BCUT2D eigenvalue weighted by atomic mass is 9.98. The smallest absolute Gasteiger partial charge is 0.274 e. The Bertz CT molecular complexity index is 1340. The molecular formula is C24H27N5O3. The second kappa shape index (κ2) is 7.69. The van der Waals surface area contributed by atoms with Crippen LogP contribution in [0.5, 0.6) is 0 Å². The van der Waals surface area contributed by atoms with Gasteiger partial charge in [-0.2, -0.15) is 5.10 Å². The average Bonchev–Trinajstić information content (AvgIpc) is 3.08. The summed E-state index contributed by atoms with van der Waals surface area (Å²) in [6, 6.07) is 7.35. The molecule has 1 fully saturated rings. The van der Waals surface area contributed by atoms with Crippen molar-refractivity contribution in [3.8, 4) is 0 Å². The number of H-pyrrole nitrogens is 1. The Balaban J connectivity index is 1.54. The van der Waals surface area contributed by atoms with Crippen LogP contribution in [0.3, 0.4) is 0 Å². The Hall–Kier alpha value is -3.29. The first-order chi connectivity index (χ1) is 15.4. The number of carbonyl (C=O) groups excluding carboxylic acids is 1. The summed E-state index contributed by atoms with van der Waals surface area (Å²) in [5.74, 6) is 0.100. The summed E-state index contributed by atoms with van der Waals surface area (Å²) >= 11 is 0. The molecule has 0 unspecified atom stereocenters. The molecule has 3 atom stereocenters. The van der Waals surface area contributed by atoms with Gasteiger partial charge in [0.05, 0.1) is 22.7 Å². The van der Waals surface area contributed by atoms with Gasteiger partial charge < -0.3 is 9.88 Å². The third-order valence-corrected chi connectivity index (χ3v) is 6.94.